The number of nitrogens with one attached hydrogen (secondary N) is 1. The van der Waals surface area contributed by atoms with E-state index in [1.54, 1.807) is 10.7 Å². The molecule has 1 unspecified atom stereocenters. The molecule has 2 aliphatic rings. The van der Waals surface area contributed by atoms with Crippen molar-refractivity contribution in [1.82, 2.24) is 24.5 Å². The number of sulfone groups is 1. The van der Waals surface area contributed by atoms with Gasteiger partial charge in [0.25, 0.3) is 5.16 Å². The minimum Gasteiger partial charge on any atom is -0.444 e. The SMILES string of the molecule is CC(C)c1cnn2c(NC3C[C@H]4CC[C@@H](C3)N4C(=O)OC(C)(C)C)nc(S(C)(=O)=O)nc12. The number of aromatic nitrogens is 4. The quantitative estimate of drug-likeness (QED) is 0.733. The summed E-state index contributed by atoms with van der Waals surface area (Å²) < 4.78 is 31.6. The predicted molar refractivity (Wildman–Crippen MR) is 120 cm³/mol. The number of piperidine rings is 1. The number of nitrogens with zero attached hydrogens (tertiary/aromatic N) is 5. The monoisotopic (exact) mass is 464 g/mol. The molecule has 10 nitrogen and oxygen atoms in total. The van der Waals surface area contributed by atoms with Gasteiger partial charge in [-0.25, -0.2) is 13.2 Å². The van der Waals surface area contributed by atoms with Crippen LogP contribution in [0.5, 0.6) is 0 Å². The summed E-state index contributed by atoms with van der Waals surface area (Å²) in [6, 6.07) is 0.191. The van der Waals surface area contributed by atoms with Gasteiger partial charge in [-0.3, -0.25) is 0 Å². The van der Waals surface area contributed by atoms with Crippen LogP contribution >= 0.6 is 0 Å². The van der Waals surface area contributed by atoms with Crippen LogP contribution in [0.3, 0.4) is 0 Å². The molecule has 0 aliphatic carbocycles. The van der Waals surface area contributed by atoms with Gasteiger partial charge in [0.1, 0.15) is 5.60 Å². The molecule has 2 aromatic rings. The standard InChI is InChI=1S/C21H32N6O4S/c1-12(2)16-11-22-27-17(16)24-19(32(6,29)30)25-18(27)23-13-9-14-7-8-15(10-13)26(14)20(28)31-21(3,4)5/h11-15H,7-10H2,1-6H3,(H,23,24,25)/t13?,14-,15+. The molecule has 2 bridgehead atoms. The van der Waals surface area contributed by atoms with E-state index in [-0.39, 0.29) is 35.3 Å². The summed E-state index contributed by atoms with van der Waals surface area (Å²) in [6.07, 6.45) is 5.86. The molecule has 2 fully saturated rings. The molecule has 2 aliphatic heterocycles. The van der Waals surface area contributed by atoms with Crippen LogP contribution in [0.15, 0.2) is 11.4 Å². The zero-order valence-corrected chi connectivity index (χ0v) is 20.3. The van der Waals surface area contributed by atoms with Crippen molar-refractivity contribution in [1.29, 1.82) is 0 Å². The van der Waals surface area contributed by atoms with E-state index in [4.69, 9.17) is 4.74 Å². The molecule has 11 heteroatoms. The fourth-order valence-electron chi connectivity index (χ4n) is 4.63. The highest BCUT2D eigenvalue weighted by Crippen LogP contribution is 2.38. The molecule has 0 aromatic carbocycles. The molecule has 3 atom stereocenters. The third kappa shape index (κ3) is 4.39. The topological polar surface area (TPSA) is 119 Å². The molecule has 32 heavy (non-hydrogen) atoms. The van der Waals surface area contributed by atoms with Crippen molar-refractivity contribution < 1.29 is 17.9 Å². The van der Waals surface area contributed by atoms with Crippen LogP contribution < -0.4 is 5.32 Å². The predicted octanol–water partition coefficient (Wildman–Crippen LogP) is 2.99. The molecule has 1 N–H and O–H groups in total. The average molecular weight is 465 g/mol. The molecule has 176 valence electrons. The fraction of sp³-hybridized carbons (Fsp3) is 0.714. The lowest BCUT2D eigenvalue weighted by molar-refractivity contribution is 0.00680. The normalized spacial score (nSPS) is 23.7. The van der Waals surface area contributed by atoms with E-state index in [0.717, 1.165) is 37.5 Å². The van der Waals surface area contributed by atoms with Gasteiger partial charge in [0.15, 0.2) is 5.65 Å². The van der Waals surface area contributed by atoms with Crippen LogP contribution in [0.4, 0.5) is 10.7 Å². The minimum atomic E-state index is -3.60. The maximum atomic E-state index is 12.7. The number of carbonyl (C=O) groups excluding carboxylic acids is 1. The summed E-state index contributed by atoms with van der Waals surface area (Å²) in [5, 5.41) is 7.60. The van der Waals surface area contributed by atoms with Crippen LogP contribution in [0, 0.1) is 0 Å². The highest BCUT2D eigenvalue weighted by atomic mass is 32.2. The lowest BCUT2D eigenvalue weighted by Gasteiger charge is -2.39. The first kappa shape index (κ1) is 22.8. The van der Waals surface area contributed by atoms with Crippen LogP contribution in [-0.4, -0.2) is 69.0 Å². The number of amides is 1. The largest absolute Gasteiger partial charge is 0.444 e. The van der Waals surface area contributed by atoms with Gasteiger partial charge in [-0.05, 0) is 52.4 Å². The Hall–Kier alpha value is -2.43. The first-order valence-corrected chi connectivity index (χ1v) is 13.0. The molecule has 1 amide bonds. The first-order valence-electron chi connectivity index (χ1n) is 11.1. The van der Waals surface area contributed by atoms with Gasteiger partial charge >= 0.3 is 6.09 Å². The second-order valence-corrected chi connectivity index (χ2v) is 12.1. The summed E-state index contributed by atoms with van der Waals surface area (Å²) in [5.41, 5.74) is 0.821. The van der Waals surface area contributed by atoms with Crippen LogP contribution in [0.1, 0.15) is 71.8 Å². The molecule has 2 aromatic heterocycles. The number of carbonyl (C=O) groups is 1. The number of hydrogen-bond donors (Lipinski definition) is 1. The lowest BCUT2D eigenvalue weighted by Crippen LogP contribution is -2.51. The van der Waals surface area contributed by atoms with E-state index in [9.17, 15) is 13.2 Å². The highest BCUT2D eigenvalue weighted by Gasteiger charge is 2.45. The minimum absolute atomic E-state index is 0.0309. The average Bonchev–Trinajstić information content (AvgIpc) is 3.19. The Balaban J connectivity index is 1.60. The van der Waals surface area contributed by atoms with Gasteiger partial charge in [0.05, 0.1) is 6.20 Å². The van der Waals surface area contributed by atoms with E-state index in [1.165, 1.54) is 0 Å². The van der Waals surface area contributed by atoms with Crippen molar-refractivity contribution >= 4 is 27.5 Å². The summed E-state index contributed by atoms with van der Waals surface area (Å²) in [5.74, 6) is 0.494. The highest BCUT2D eigenvalue weighted by molar-refractivity contribution is 7.90. The summed E-state index contributed by atoms with van der Waals surface area (Å²) in [6.45, 7) is 9.63. The van der Waals surface area contributed by atoms with Crippen LogP contribution in [0.25, 0.3) is 5.65 Å². The molecular weight excluding hydrogens is 432 g/mol. The van der Waals surface area contributed by atoms with Crippen molar-refractivity contribution in [3.63, 3.8) is 0 Å². The zero-order chi connectivity index (χ0) is 23.4. The van der Waals surface area contributed by atoms with E-state index in [0.29, 0.717) is 11.6 Å². The van der Waals surface area contributed by atoms with E-state index >= 15 is 0 Å². The van der Waals surface area contributed by atoms with Crippen molar-refractivity contribution in [3.8, 4) is 0 Å². The Morgan fingerprint density at radius 2 is 1.81 bits per heavy atom. The van der Waals surface area contributed by atoms with E-state index < -0.39 is 15.4 Å². The first-order chi connectivity index (χ1) is 14.8. The molecular formula is C21H32N6O4S. The third-order valence-corrected chi connectivity index (χ3v) is 6.84. The summed E-state index contributed by atoms with van der Waals surface area (Å²) in [7, 11) is -3.60. The van der Waals surface area contributed by atoms with Crippen LogP contribution in [0.2, 0.25) is 0 Å². The molecule has 4 rings (SSSR count). The number of rotatable bonds is 4. The Labute approximate surface area is 188 Å². The second-order valence-electron chi connectivity index (χ2n) is 10.2. The number of anilines is 1. The molecule has 4 heterocycles. The maximum Gasteiger partial charge on any atom is 0.410 e. The van der Waals surface area contributed by atoms with Gasteiger partial charge in [0.2, 0.25) is 15.8 Å². The van der Waals surface area contributed by atoms with Crippen molar-refractivity contribution in [3.05, 3.63) is 11.8 Å². The number of hydrogen-bond acceptors (Lipinski definition) is 8. The Morgan fingerprint density at radius 1 is 1.19 bits per heavy atom. The van der Waals surface area contributed by atoms with Gasteiger partial charge in [0, 0.05) is 29.9 Å². The summed E-state index contributed by atoms with van der Waals surface area (Å²) in [4.78, 5) is 23.2. The van der Waals surface area contributed by atoms with Gasteiger partial charge in [-0.2, -0.15) is 19.6 Å². The number of fused-ring (bicyclic) bond motifs is 3. The van der Waals surface area contributed by atoms with Gasteiger partial charge in [-0.1, -0.05) is 13.8 Å². The van der Waals surface area contributed by atoms with Gasteiger partial charge in [-0.15, -0.1) is 0 Å². The Bertz CT molecular complexity index is 1120. The van der Waals surface area contributed by atoms with E-state index in [2.05, 4.69) is 20.4 Å². The third-order valence-electron chi connectivity index (χ3n) is 6.00. The van der Waals surface area contributed by atoms with Crippen LogP contribution in [-0.2, 0) is 14.6 Å². The van der Waals surface area contributed by atoms with Crippen molar-refractivity contribution in [2.75, 3.05) is 11.6 Å². The second kappa shape index (κ2) is 7.86. The molecule has 0 radical (unpaired) electrons. The Morgan fingerprint density at radius 3 is 2.34 bits per heavy atom. The van der Waals surface area contributed by atoms with E-state index in [1.807, 2.05) is 39.5 Å². The zero-order valence-electron chi connectivity index (χ0n) is 19.5. The van der Waals surface area contributed by atoms with Crippen molar-refractivity contribution in [2.45, 2.75) is 95.1 Å². The number of ether oxygens (including phenoxy) is 1. The van der Waals surface area contributed by atoms with Crippen molar-refractivity contribution in [2.24, 2.45) is 0 Å². The lowest BCUT2D eigenvalue weighted by atomic mass is 9.98. The fourth-order valence-corrected chi connectivity index (χ4v) is 5.14. The molecule has 2 saturated heterocycles. The maximum absolute atomic E-state index is 12.7. The molecule has 0 spiro atoms. The smallest absolute Gasteiger partial charge is 0.410 e. The van der Waals surface area contributed by atoms with Gasteiger partial charge < -0.3 is 15.0 Å². The Kier molecular flexibility index (Phi) is 5.59. The molecule has 0 saturated carbocycles. The summed E-state index contributed by atoms with van der Waals surface area (Å²) >= 11 is 0.